The number of rotatable bonds is 6. The number of amides is 1. The lowest BCUT2D eigenvalue weighted by atomic mass is 9.95. The van der Waals surface area contributed by atoms with E-state index in [1.165, 1.54) is 7.11 Å². The van der Waals surface area contributed by atoms with Crippen molar-refractivity contribution in [2.45, 2.75) is 25.6 Å². The summed E-state index contributed by atoms with van der Waals surface area (Å²) >= 11 is 0. The van der Waals surface area contributed by atoms with Gasteiger partial charge in [-0.15, -0.1) is 0 Å². The second-order valence-electron chi connectivity index (χ2n) is 7.63. The fourth-order valence-corrected chi connectivity index (χ4v) is 3.71. The van der Waals surface area contributed by atoms with Crippen molar-refractivity contribution in [1.82, 2.24) is 5.32 Å². The van der Waals surface area contributed by atoms with Crippen molar-refractivity contribution in [3.05, 3.63) is 69.3 Å². The van der Waals surface area contributed by atoms with Crippen LogP contribution >= 0.6 is 0 Å². The molecule has 1 fully saturated rings. The number of carbonyl (C=O) groups excluding carboxylic acids is 2. The molecule has 176 valence electrons. The monoisotopic (exact) mass is 465 g/mol. The van der Waals surface area contributed by atoms with E-state index in [1.807, 2.05) is 0 Å². The summed E-state index contributed by atoms with van der Waals surface area (Å²) in [4.78, 5) is 36.1. The quantitative estimate of drug-likeness (QED) is 0.394. The number of nitrogens with zero attached hydrogens (tertiary/aromatic N) is 2. The molecule has 2 aromatic rings. The van der Waals surface area contributed by atoms with Crippen LogP contribution in [0.15, 0.2) is 42.5 Å². The van der Waals surface area contributed by atoms with Crippen LogP contribution in [0.5, 0.6) is 0 Å². The first kappa shape index (κ1) is 24.0. The van der Waals surface area contributed by atoms with E-state index >= 15 is 0 Å². The van der Waals surface area contributed by atoms with Crippen LogP contribution in [-0.4, -0.2) is 37.0 Å². The molecule has 0 unspecified atom stereocenters. The number of esters is 1. The highest BCUT2D eigenvalue weighted by atomic mass is 19.4. The van der Waals surface area contributed by atoms with E-state index in [4.69, 9.17) is 0 Å². The summed E-state index contributed by atoms with van der Waals surface area (Å²) in [6, 6.07) is 9.09. The summed E-state index contributed by atoms with van der Waals surface area (Å²) in [7, 11) is 1.29. The Labute approximate surface area is 187 Å². The maximum absolute atomic E-state index is 12.9. The molecule has 0 aromatic heterocycles. The minimum absolute atomic E-state index is 0.109. The van der Waals surface area contributed by atoms with Crippen LogP contribution in [0.25, 0.3) is 0 Å². The molecule has 0 bridgehead atoms. The molecule has 1 aliphatic heterocycles. The zero-order valence-corrected chi connectivity index (χ0v) is 17.7. The third-order valence-electron chi connectivity index (χ3n) is 5.55. The van der Waals surface area contributed by atoms with Gasteiger partial charge in [0, 0.05) is 31.6 Å². The number of piperidine rings is 1. The van der Waals surface area contributed by atoms with E-state index in [0.717, 1.165) is 17.7 Å². The molecule has 1 amide bonds. The van der Waals surface area contributed by atoms with Gasteiger partial charge in [-0.05, 0) is 42.7 Å². The molecule has 1 saturated heterocycles. The molecule has 0 atom stereocenters. The third-order valence-corrected chi connectivity index (χ3v) is 5.55. The van der Waals surface area contributed by atoms with Crippen LogP contribution < -0.4 is 10.2 Å². The van der Waals surface area contributed by atoms with Gasteiger partial charge in [-0.3, -0.25) is 14.9 Å². The summed E-state index contributed by atoms with van der Waals surface area (Å²) in [5.41, 5.74) is -0.376. The molecule has 1 N–H and O–H groups in total. The number of carbonyl (C=O) groups is 2. The van der Waals surface area contributed by atoms with Gasteiger partial charge in [-0.1, -0.05) is 12.1 Å². The summed E-state index contributed by atoms with van der Waals surface area (Å²) in [6.45, 7) is 0.876. The minimum Gasteiger partial charge on any atom is -0.465 e. The molecular weight excluding hydrogens is 443 g/mol. The van der Waals surface area contributed by atoms with Crippen molar-refractivity contribution in [2.24, 2.45) is 5.92 Å². The number of benzene rings is 2. The average Bonchev–Trinajstić information content (AvgIpc) is 2.81. The van der Waals surface area contributed by atoms with Crippen LogP contribution in [0.1, 0.15) is 34.3 Å². The summed E-state index contributed by atoms with van der Waals surface area (Å²) in [5.74, 6) is -0.941. The number of halogens is 3. The van der Waals surface area contributed by atoms with Gasteiger partial charge in [0.2, 0.25) is 5.91 Å². The van der Waals surface area contributed by atoms with E-state index in [0.29, 0.717) is 37.6 Å². The fraction of sp³-hybridized carbons (Fsp3) is 0.364. The Kier molecular flexibility index (Phi) is 7.19. The number of ether oxygens (including phenoxy) is 1. The van der Waals surface area contributed by atoms with Gasteiger partial charge >= 0.3 is 12.1 Å². The molecule has 0 radical (unpaired) electrons. The molecule has 3 rings (SSSR count). The standard InChI is InChI=1S/C22H22F3N3O5/c1-33-21(30)16-4-2-14(3-5-16)13-26-20(29)15-8-10-27(11-9-15)18-7-6-17(22(23,24)25)12-19(18)28(31)32/h2-7,12,15H,8-11,13H2,1H3,(H,26,29). The lowest BCUT2D eigenvalue weighted by molar-refractivity contribution is -0.384. The van der Waals surface area contributed by atoms with Crippen LogP contribution in [0.2, 0.25) is 0 Å². The average molecular weight is 465 g/mol. The second kappa shape index (κ2) is 9.88. The topological polar surface area (TPSA) is 102 Å². The van der Waals surface area contributed by atoms with Crippen molar-refractivity contribution in [1.29, 1.82) is 0 Å². The number of nitrogens with one attached hydrogen (secondary N) is 1. The first-order valence-corrected chi connectivity index (χ1v) is 10.2. The highest BCUT2D eigenvalue weighted by Crippen LogP contribution is 2.37. The largest absolute Gasteiger partial charge is 0.465 e. The normalized spacial score (nSPS) is 14.6. The molecule has 8 nitrogen and oxygen atoms in total. The molecule has 0 saturated carbocycles. The number of hydrogen-bond donors (Lipinski definition) is 1. The van der Waals surface area contributed by atoms with Crippen molar-refractivity contribution < 1.29 is 32.4 Å². The Bertz CT molecular complexity index is 1030. The predicted octanol–water partition coefficient (Wildman–Crippen LogP) is 3.93. The maximum Gasteiger partial charge on any atom is 0.416 e. The Hall–Kier alpha value is -3.63. The van der Waals surface area contributed by atoms with E-state index in [1.54, 1.807) is 29.2 Å². The van der Waals surface area contributed by atoms with Gasteiger partial charge in [0.25, 0.3) is 5.69 Å². The van der Waals surface area contributed by atoms with Crippen molar-refractivity contribution in [2.75, 3.05) is 25.1 Å². The van der Waals surface area contributed by atoms with Gasteiger partial charge in [0.15, 0.2) is 0 Å². The smallest absolute Gasteiger partial charge is 0.416 e. The number of nitro benzene ring substituents is 1. The zero-order valence-electron chi connectivity index (χ0n) is 17.7. The molecule has 1 heterocycles. The molecule has 2 aromatic carbocycles. The van der Waals surface area contributed by atoms with Gasteiger partial charge in [-0.2, -0.15) is 13.2 Å². The van der Waals surface area contributed by atoms with Crippen LogP contribution in [-0.2, 0) is 22.3 Å². The van der Waals surface area contributed by atoms with Gasteiger partial charge in [-0.25, -0.2) is 4.79 Å². The Morgan fingerprint density at radius 2 is 1.79 bits per heavy atom. The van der Waals surface area contributed by atoms with E-state index in [2.05, 4.69) is 10.1 Å². The van der Waals surface area contributed by atoms with Crippen LogP contribution in [0, 0.1) is 16.0 Å². The molecular formula is C22H22F3N3O5. The second-order valence-corrected chi connectivity index (χ2v) is 7.63. The lowest BCUT2D eigenvalue weighted by Gasteiger charge is -2.32. The lowest BCUT2D eigenvalue weighted by Crippen LogP contribution is -2.40. The number of nitro groups is 1. The number of hydrogen-bond acceptors (Lipinski definition) is 6. The van der Waals surface area contributed by atoms with E-state index in [-0.39, 0.29) is 24.1 Å². The maximum atomic E-state index is 12.9. The molecule has 0 aliphatic carbocycles. The van der Waals surface area contributed by atoms with Crippen molar-refractivity contribution in [3.63, 3.8) is 0 Å². The Morgan fingerprint density at radius 1 is 1.15 bits per heavy atom. The zero-order chi connectivity index (χ0) is 24.2. The van der Waals surface area contributed by atoms with E-state index in [9.17, 15) is 32.9 Å². The molecule has 1 aliphatic rings. The Balaban J connectivity index is 1.58. The highest BCUT2D eigenvalue weighted by Gasteiger charge is 2.34. The minimum atomic E-state index is -4.67. The van der Waals surface area contributed by atoms with Crippen LogP contribution in [0.3, 0.4) is 0 Å². The summed E-state index contributed by atoms with van der Waals surface area (Å²) in [6.07, 6.45) is -3.86. The van der Waals surface area contributed by atoms with E-state index < -0.39 is 28.3 Å². The molecule has 33 heavy (non-hydrogen) atoms. The van der Waals surface area contributed by atoms with Gasteiger partial charge in [0.05, 0.1) is 23.2 Å². The number of methoxy groups -OCH3 is 1. The predicted molar refractivity (Wildman–Crippen MR) is 113 cm³/mol. The van der Waals surface area contributed by atoms with Crippen LogP contribution in [0.4, 0.5) is 24.5 Å². The van der Waals surface area contributed by atoms with Gasteiger partial charge < -0.3 is 15.0 Å². The fourth-order valence-electron chi connectivity index (χ4n) is 3.71. The number of anilines is 1. The molecule has 0 spiro atoms. The van der Waals surface area contributed by atoms with Gasteiger partial charge in [0.1, 0.15) is 5.69 Å². The van der Waals surface area contributed by atoms with Crippen molar-refractivity contribution >= 4 is 23.3 Å². The third kappa shape index (κ3) is 5.79. The number of alkyl halides is 3. The summed E-state index contributed by atoms with van der Waals surface area (Å²) in [5, 5.41) is 14.2. The first-order valence-electron chi connectivity index (χ1n) is 10.2. The SMILES string of the molecule is COC(=O)c1ccc(CNC(=O)C2CCN(c3ccc(C(F)(F)F)cc3[N+](=O)[O-])CC2)cc1. The Morgan fingerprint density at radius 3 is 2.33 bits per heavy atom. The summed E-state index contributed by atoms with van der Waals surface area (Å²) < 4.78 is 43.4. The highest BCUT2D eigenvalue weighted by molar-refractivity contribution is 5.89. The molecule has 11 heteroatoms. The van der Waals surface area contributed by atoms with Crippen molar-refractivity contribution in [3.8, 4) is 0 Å². The first-order chi connectivity index (χ1) is 15.6.